The van der Waals surface area contributed by atoms with Crippen molar-refractivity contribution in [1.82, 2.24) is 9.88 Å². The molecule has 2 rings (SSSR count). The number of nitrogens with two attached hydrogens (primary N) is 1. The third kappa shape index (κ3) is 3.93. The van der Waals surface area contributed by atoms with Crippen LogP contribution in [-0.4, -0.2) is 23.0 Å². The number of hydrazine groups is 1. The lowest BCUT2D eigenvalue weighted by molar-refractivity contribution is 0.206. The molecule has 112 valence electrons. The quantitative estimate of drug-likeness (QED) is 0.658. The van der Waals surface area contributed by atoms with E-state index in [0.29, 0.717) is 5.41 Å². The van der Waals surface area contributed by atoms with Gasteiger partial charge in [0.15, 0.2) is 0 Å². The number of hydrogen-bond donors (Lipinski definition) is 2. The Kier molecular flexibility index (Phi) is 5.00. The average molecular weight is 276 g/mol. The molecule has 0 radical (unpaired) electrons. The number of anilines is 1. The van der Waals surface area contributed by atoms with Gasteiger partial charge in [-0.1, -0.05) is 26.8 Å². The highest BCUT2D eigenvalue weighted by Gasteiger charge is 2.27. The molecule has 1 aromatic heterocycles. The van der Waals surface area contributed by atoms with Crippen LogP contribution in [0.25, 0.3) is 0 Å². The summed E-state index contributed by atoms with van der Waals surface area (Å²) in [7, 11) is 0. The van der Waals surface area contributed by atoms with E-state index >= 15 is 0 Å². The van der Waals surface area contributed by atoms with E-state index in [1.165, 1.54) is 37.9 Å². The van der Waals surface area contributed by atoms with E-state index in [2.05, 4.69) is 42.1 Å². The lowest BCUT2D eigenvalue weighted by atomic mass is 9.77. The fraction of sp³-hybridized carbons (Fsp3) is 0.688. The second-order valence-corrected chi connectivity index (χ2v) is 6.93. The fourth-order valence-electron chi connectivity index (χ4n) is 3.12. The summed E-state index contributed by atoms with van der Waals surface area (Å²) in [6, 6.07) is 4.08. The number of nitrogens with zero attached hydrogens (tertiary/aromatic N) is 2. The molecule has 1 aromatic rings. The van der Waals surface area contributed by atoms with Gasteiger partial charge >= 0.3 is 0 Å². The molecule has 1 saturated heterocycles. The summed E-state index contributed by atoms with van der Waals surface area (Å²) in [6.45, 7) is 10.4. The summed E-state index contributed by atoms with van der Waals surface area (Å²) in [4.78, 5) is 6.81. The second kappa shape index (κ2) is 6.55. The monoisotopic (exact) mass is 276 g/mol. The number of nitrogens with one attached hydrogen (secondary N) is 1. The zero-order valence-corrected chi connectivity index (χ0v) is 13.0. The predicted octanol–water partition coefficient (Wildman–Crippen LogP) is 3.02. The van der Waals surface area contributed by atoms with Crippen LogP contribution in [0.2, 0.25) is 0 Å². The van der Waals surface area contributed by atoms with E-state index < -0.39 is 0 Å². The average Bonchev–Trinajstić information content (AvgIpc) is 2.64. The Morgan fingerprint density at radius 1 is 1.35 bits per heavy atom. The molecule has 0 spiro atoms. The molecule has 1 fully saturated rings. The van der Waals surface area contributed by atoms with E-state index in [0.717, 1.165) is 18.3 Å². The van der Waals surface area contributed by atoms with Gasteiger partial charge in [-0.3, -0.25) is 4.90 Å². The molecular weight excluding hydrogens is 248 g/mol. The molecule has 0 bridgehead atoms. The number of pyridine rings is 1. The van der Waals surface area contributed by atoms with Gasteiger partial charge in [-0.2, -0.15) is 0 Å². The fourth-order valence-corrected chi connectivity index (χ4v) is 3.12. The minimum absolute atomic E-state index is 0.425. The first-order chi connectivity index (χ1) is 9.50. The van der Waals surface area contributed by atoms with Crippen molar-refractivity contribution in [2.24, 2.45) is 17.2 Å². The second-order valence-electron chi connectivity index (χ2n) is 6.93. The zero-order chi connectivity index (χ0) is 14.6. The minimum Gasteiger partial charge on any atom is -0.308 e. The van der Waals surface area contributed by atoms with Crippen molar-refractivity contribution in [2.45, 2.75) is 46.6 Å². The topological polar surface area (TPSA) is 54.2 Å². The number of rotatable bonds is 3. The van der Waals surface area contributed by atoms with E-state index in [9.17, 15) is 0 Å². The van der Waals surface area contributed by atoms with Crippen LogP contribution in [0.1, 0.15) is 45.6 Å². The van der Waals surface area contributed by atoms with E-state index in [4.69, 9.17) is 5.84 Å². The van der Waals surface area contributed by atoms with Crippen molar-refractivity contribution in [3.63, 3.8) is 0 Å². The highest BCUT2D eigenvalue weighted by molar-refractivity contribution is 5.42. The molecule has 0 aliphatic carbocycles. The summed E-state index contributed by atoms with van der Waals surface area (Å²) in [5.74, 6) is 7.16. The molecule has 0 aromatic carbocycles. The van der Waals surface area contributed by atoms with Crippen LogP contribution in [0.4, 0.5) is 5.82 Å². The SMILES string of the molecule is CC(C)(C)C1CCCN(Cc2cccnc2NN)CC1. The van der Waals surface area contributed by atoms with Gasteiger partial charge in [0.1, 0.15) is 5.82 Å². The first-order valence-electron chi connectivity index (χ1n) is 7.63. The van der Waals surface area contributed by atoms with Crippen molar-refractivity contribution < 1.29 is 0 Å². The van der Waals surface area contributed by atoms with Gasteiger partial charge < -0.3 is 5.43 Å². The molecular formula is C16H28N4. The van der Waals surface area contributed by atoms with Crippen LogP contribution < -0.4 is 11.3 Å². The first-order valence-corrected chi connectivity index (χ1v) is 7.63. The Bertz CT molecular complexity index is 425. The lowest BCUT2D eigenvalue weighted by Crippen LogP contribution is -2.26. The van der Waals surface area contributed by atoms with Gasteiger partial charge in [0.2, 0.25) is 0 Å². The molecule has 1 atom stereocenters. The van der Waals surface area contributed by atoms with Crippen molar-refractivity contribution in [2.75, 3.05) is 18.5 Å². The summed E-state index contributed by atoms with van der Waals surface area (Å²) < 4.78 is 0. The van der Waals surface area contributed by atoms with Gasteiger partial charge in [0.25, 0.3) is 0 Å². The van der Waals surface area contributed by atoms with Crippen LogP contribution in [0, 0.1) is 11.3 Å². The highest BCUT2D eigenvalue weighted by Crippen LogP contribution is 2.34. The molecule has 1 unspecified atom stereocenters. The normalized spacial score (nSPS) is 21.5. The molecule has 3 N–H and O–H groups in total. The number of hydrogen-bond acceptors (Lipinski definition) is 4. The van der Waals surface area contributed by atoms with Gasteiger partial charge in [0, 0.05) is 18.3 Å². The number of aromatic nitrogens is 1. The summed E-state index contributed by atoms with van der Waals surface area (Å²) in [6.07, 6.45) is 5.69. The van der Waals surface area contributed by atoms with Crippen LogP contribution in [0.3, 0.4) is 0 Å². The summed E-state index contributed by atoms with van der Waals surface area (Å²) >= 11 is 0. The summed E-state index contributed by atoms with van der Waals surface area (Å²) in [5, 5.41) is 0. The highest BCUT2D eigenvalue weighted by atomic mass is 15.3. The van der Waals surface area contributed by atoms with Crippen molar-refractivity contribution >= 4 is 5.82 Å². The van der Waals surface area contributed by atoms with Gasteiger partial charge in [-0.05, 0) is 49.8 Å². The number of likely N-dealkylation sites (tertiary alicyclic amines) is 1. The Balaban J connectivity index is 1.97. The molecule has 1 aliphatic rings. The van der Waals surface area contributed by atoms with Crippen molar-refractivity contribution in [3.05, 3.63) is 23.9 Å². The zero-order valence-electron chi connectivity index (χ0n) is 13.0. The minimum atomic E-state index is 0.425. The molecule has 0 amide bonds. The van der Waals surface area contributed by atoms with Crippen LogP contribution >= 0.6 is 0 Å². The molecule has 4 nitrogen and oxygen atoms in total. The van der Waals surface area contributed by atoms with Gasteiger partial charge in [0.05, 0.1) is 0 Å². The van der Waals surface area contributed by atoms with Crippen LogP contribution in [-0.2, 0) is 6.54 Å². The Labute approximate surface area is 122 Å². The summed E-state index contributed by atoms with van der Waals surface area (Å²) in [5.41, 5.74) is 4.31. The van der Waals surface area contributed by atoms with Crippen LogP contribution in [0.5, 0.6) is 0 Å². The van der Waals surface area contributed by atoms with Gasteiger partial charge in [-0.25, -0.2) is 10.8 Å². The van der Waals surface area contributed by atoms with Crippen molar-refractivity contribution in [1.29, 1.82) is 0 Å². The van der Waals surface area contributed by atoms with E-state index in [1.54, 1.807) is 6.20 Å². The Hall–Kier alpha value is -1.13. The van der Waals surface area contributed by atoms with Gasteiger partial charge in [-0.15, -0.1) is 0 Å². The lowest BCUT2D eigenvalue weighted by Gasteiger charge is -2.29. The predicted molar refractivity (Wildman–Crippen MR) is 84.1 cm³/mol. The third-order valence-electron chi connectivity index (χ3n) is 4.47. The number of nitrogen functional groups attached to an aromatic ring is 1. The molecule has 0 saturated carbocycles. The third-order valence-corrected chi connectivity index (χ3v) is 4.47. The standard InChI is InChI=1S/C16H28N4/c1-16(2,3)14-7-5-10-20(11-8-14)12-13-6-4-9-18-15(13)19-17/h4,6,9,14H,5,7-8,10-12,17H2,1-3H3,(H,18,19). The van der Waals surface area contributed by atoms with E-state index in [-0.39, 0.29) is 0 Å². The Morgan fingerprint density at radius 3 is 2.85 bits per heavy atom. The molecule has 4 heteroatoms. The van der Waals surface area contributed by atoms with E-state index in [1.807, 2.05) is 6.07 Å². The van der Waals surface area contributed by atoms with Crippen LogP contribution in [0.15, 0.2) is 18.3 Å². The first kappa shape index (κ1) is 15.3. The smallest absolute Gasteiger partial charge is 0.144 e. The molecule has 2 heterocycles. The molecule has 20 heavy (non-hydrogen) atoms. The maximum atomic E-state index is 5.53. The Morgan fingerprint density at radius 2 is 2.15 bits per heavy atom. The maximum Gasteiger partial charge on any atom is 0.144 e. The molecule has 1 aliphatic heterocycles. The largest absolute Gasteiger partial charge is 0.308 e. The maximum absolute atomic E-state index is 5.53. The van der Waals surface area contributed by atoms with Crippen molar-refractivity contribution in [3.8, 4) is 0 Å².